The van der Waals surface area contributed by atoms with Crippen LogP contribution in [-0.4, -0.2) is 57.9 Å². The maximum Gasteiger partial charge on any atom is 0.410 e. The molecule has 1 aromatic heterocycles. The fraction of sp³-hybridized carbons (Fsp3) is 0.500. The van der Waals surface area contributed by atoms with Crippen molar-refractivity contribution in [2.75, 3.05) is 13.1 Å². The van der Waals surface area contributed by atoms with Gasteiger partial charge in [-0.3, -0.25) is 9.69 Å². The minimum atomic E-state index is -0.631. The summed E-state index contributed by atoms with van der Waals surface area (Å²) in [6.45, 7) is 6.29. The summed E-state index contributed by atoms with van der Waals surface area (Å²) in [5, 5.41) is 16.0. The Balaban J connectivity index is 1.42. The number of carbonyl (C=O) groups is 2. The molecule has 1 aromatic carbocycles. The molecule has 2 aliphatic rings. The van der Waals surface area contributed by atoms with Gasteiger partial charge in [-0.25, -0.2) is 10.3 Å². The van der Waals surface area contributed by atoms with Crippen LogP contribution in [0.15, 0.2) is 46.2 Å². The zero-order chi connectivity index (χ0) is 25.0. The lowest BCUT2D eigenvalue weighted by atomic mass is 10.0. The van der Waals surface area contributed by atoms with Gasteiger partial charge >= 0.3 is 17.9 Å². The van der Waals surface area contributed by atoms with Gasteiger partial charge in [-0.15, -0.1) is 10.2 Å². The summed E-state index contributed by atoms with van der Waals surface area (Å²) in [7, 11) is 0. The van der Waals surface area contributed by atoms with Crippen molar-refractivity contribution in [2.45, 2.75) is 63.6 Å². The first-order valence-corrected chi connectivity index (χ1v) is 11.8. The number of quaternary nitrogens is 1. The van der Waals surface area contributed by atoms with Crippen LogP contribution in [0.4, 0.5) is 4.79 Å². The predicted octanol–water partition coefficient (Wildman–Crippen LogP) is 2.79. The molecule has 0 radical (unpaired) electrons. The van der Waals surface area contributed by atoms with Crippen molar-refractivity contribution < 1.29 is 24.1 Å². The summed E-state index contributed by atoms with van der Waals surface area (Å²) in [4.78, 5) is 27.3. The van der Waals surface area contributed by atoms with Crippen LogP contribution in [0.2, 0.25) is 0 Å². The van der Waals surface area contributed by atoms with E-state index in [2.05, 4.69) is 26.7 Å². The highest BCUT2D eigenvalue weighted by Crippen LogP contribution is 2.44. The molecule has 0 unspecified atom stereocenters. The quantitative estimate of drug-likeness (QED) is 0.492. The molecule has 11 nitrogen and oxygen atoms in total. The number of rotatable bonds is 8. The van der Waals surface area contributed by atoms with Gasteiger partial charge in [-0.2, -0.15) is 5.11 Å². The maximum absolute atomic E-state index is 12.9. The summed E-state index contributed by atoms with van der Waals surface area (Å²) in [5.41, 5.74) is 8.24. The van der Waals surface area contributed by atoms with Crippen LogP contribution in [0.1, 0.15) is 62.2 Å². The predicted molar refractivity (Wildman–Crippen MR) is 125 cm³/mol. The van der Waals surface area contributed by atoms with Crippen LogP contribution in [0.25, 0.3) is 11.5 Å². The average Bonchev–Trinajstić information content (AvgIpc) is 3.39. The summed E-state index contributed by atoms with van der Waals surface area (Å²) >= 11 is 0. The molecule has 2 amide bonds. The Hall–Kier alpha value is -3.60. The molecule has 0 bridgehead atoms. The number of nitrogens with one attached hydrogen (secondary N) is 2. The van der Waals surface area contributed by atoms with Crippen molar-refractivity contribution in [3.8, 4) is 11.5 Å². The minimum absolute atomic E-state index is 0.107. The van der Waals surface area contributed by atoms with E-state index in [1.807, 2.05) is 44.3 Å². The number of hydrogen-bond acceptors (Lipinski definition) is 8. The van der Waals surface area contributed by atoms with Crippen LogP contribution in [0.5, 0.6) is 0 Å². The van der Waals surface area contributed by atoms with E-state index in [1.165, 1.54) is 11.8 Å². The zero-order valence-corrected chi connectivity index (χ0v) is 20.2. The average molecular weight is 483 g/mol. The highest BCUT2D eigenvalue weighted by Gasteiger charge is 2.39. The van der Waals surface area contributed by atoms with Crippen LogP contribution < -0.4 is 10.6 Å². The molecular formula is C24H32N7O4+. The van der Waals surface area contributed by atoms with Crippen LogP contribution in [0, 0.1) is 5.53 Å². The Bertz CT molecular complexity index is 1100. The van der Waals surface area contributed by atoms with Crippen molar-refractivity contribution in [1.82, 2.24) is 20.4 Å². The number of hydrogen-bond donors (Lipinski definition) is 3. The van der Waals surface area contributed by atoms with Crippen LogP contribution in [-0.2, 0) is 4.74 Å². The smallest absolute Gasteiger partial charge is 0.410 e. The monoisotopic (exact) mass is 482 g/mol. The number of amides is 2. The van der Waals surface area contributed by atoms with Crippen molar-refractivity contribution >= 4 is 12.0 Å². The zero-order valence-electron chi connectivity index (χ0n) is 20.2. The summed E-state index contributed by atoms with van der Waals surface area (Å²) in [5.74, 6) is 0.258. The topological polar surface area (TPSA) is 150 Å². The summed E-state index contributed by atoms with van der Waals surface area (Å²) in [6.07, 6.45) is 5.41. The lowest BCUT2D eigenvalue weighted by Crippen LogP contribution is -2.81. The van der Waals surface area contributed by atoms with Crippen molar-refractivity contribution in [3.63, 3.8) is 0 Å². The second kappa shape index (κ2) is 10.3. The number of likely N-dealkylation sites (tertiary alicyclic amines) is 1. The van der Waals surface area contributed by atoms with Crippen molar-refractivity contribution in [3.05, 3.63) is 48.1 Å². The molecule has 186 valence electrons. The molecule has 2 atom stereocenters. The van der Waals surface area contributed by atoms with Gasteiger partial charge in [-0.05, 0) is 57.6 Å². The highest BCUT2D eigenvalue weighted by atomic mass is 16.6. The molecule has 11 heteroatoms. The van der Waals surface area contributed by atoms with Gasteiger partial charge in [0.2, 0.25) is 5.89 Å². The Labute approximate surface area is 203 Å². The van der Waals surface area contributed by atoms with Gasteiger partial charge in [0.15, 0.2) is 0 Å². The van der Waals surface area contributed by atoms with Crippen molar-refractivity contribution in [2.24, 2.45) is 5.11 Å². The van der Waals surface area contributed by atoms with E-state index in [1.54, 1.807) is 11.1 Å². The molecule has 35 heavy (non-hydrogen) atoms. The first-order chi connectivity index (χ1) is 16.7. The second-order valence-corrected chi connectivity index (χ2v) is 9.91. The van der Waals surface area contributed by atoms with E-state index in [-0.39, 0.29) is 18.0 Å². The van der Waals surface area contributed by atoms with E-state index < -0.39 is 17.6 Å². The first-order valence-electron chi connectivity index (χ1n) is 11.8. The number of aromatic nitrogens is 2. The number of ether oxygens (including phenoxy) is 1. The molecule has 2 fully saturated rings. The van der Waals surface area contributed by atoms with E-state index in [9.17, 15) is 9.59 Å². The summed E-state index contributed by atoms with van der Waals surface area (Å²) in [6, 6.07) is 7.43. The fourth-order valence-electron chi connectivity index (χ4n) is 4.24. The van der Waals surface area contributed by atoms with E-state index in [0.29, 0.717) is 31.3 Å². The molecule has 4 N–H and O–H groups in total. The van der Waals surface area contributed by atoms with E-state index >= 15 is 0 Å². The van der Waals surface area contributed by atoms with Gasteiger partial charge in [0, 0.05) is 18.2 Å². The molecule has 2 aromatic rings. The first kappa shape index (κ1) is 24.5. The number of nitrogens with zero attached hydrogens (tertiary/aromatic N) is 4. The molecule has 1 saturated heterocycles. The molecular weight excluding hydrogens is 450 g/mol. The third-order valence-corrected chi connectivity index (χ3v) is 5.91. The molecule has 1 aliphatic heterocycles. The Morgan fingerprint density at radius 2 is 2.09 bits per heavy atom. The molecule has 2 heterocycles. The minimum Gasteiger partial charge on any atom is -0.444 e. The third-order valence-electron chi connectivity index (χ3n) is 5.91. The van der Waals surface area contributed by atoms with Gasteiger partial charge in [0.25, 0.3) is 0 Å². The van der Waals surface area contributed by atoms with Crippen LogP contribution in [0.3, 0.4) is 0 Å². The number of nitrogens with two attached hydrogens (primary N) is 1. The van der Waals surface area contributed by atoms with Crippen LogP contribution >= 0.6 is 0 Å². The number of carbonyl (C=O) groups excluding carboxylic acids is 2. The third kappa shape index (κ3) is 6.30. The Kier molecular flexibility index (Phi) is 7.25. The van der Waals surface area contributed by atoms with Crippen molar-refractivity contribution in [1.29, 1.82) is 5.53 Å². The molecule has 0 spiro atoms. The van der Waals surface area contributed by atoms with Gasteiger partial charge in [-0.1, -0.05) is 18.2 Å². The molecule has 4 rings (SSSR count). The van der Waals surface area contributed by atoms with Gasteiger partial charge in [0.1, 0.15) is 24.5 Å². The Morgan fingerprint density at radius 1 is 1.31 bits per heavy atom. The Morgan fingerprint density at radius 3 is 2.80 bits per heavy atom. The lowest BCUT2D eigenvalue weighted by Gasteiger charge is -2.27. The SMILES string of the molecule is CC(C)(C)OC(=O)N1C[C@H](NC(=O)c2nnc(-c3ccccc3C3CC3)o2)C[C@H]1C[NH2+]/C=C\N=N. The maximum atomic E-state index is 12.9. The largest absolute Gasteiger partial charge is 0.444 e. The highest BCUT2D eigenvalue weighted by molar-refractivity contribution is 5.90. The van der Waals surface area contributed by atoms with Gasteiger partial charge in [0.05, 0.1) is 6.04 Å². The van der Waals surface area contributed by atoms with Gasteiger partial charge < -0.3 is 19.8 Å². The molecule has 1 saturated carbocycles. The standard InChI is InChI=1S/C24H31N7O4/c1-24(2,3)35-23(33)31-14-16(12-17(31)13-26-10-11-27-25)28-20(32)22-30-29-21(34-22)19-7-5-4-6-18(19)15-8-9-15/h4-7,10-11,15-17,25-26H,8-9,12-14H2,1-3H3,(H,28,32)/p+1/b11-10-,27-25?/t16-,17+/m1/s1. The summed E-state index contributed by atoms with van der Waals surface area (Å²) < 4.78 is 11.3. The lowest BCUT2D eigenvalue weighted by molar-refractivity contribution is -0.592. The molecule has 1 aliphatic carbocycles. The second-order valence-electron chi connectivity index (χ2n) is 9.91. The van der Waals surface area contributed by atoms with E-state index in [4.69, 9.17) is 14.7 Å². The fourth-order valence-corrected chi connectivity index (χ4v) is 4.24. The van der Waals surface area contributed by atoms with E-state index in [0.717, 1.165) is 18.4 Å². The number of benzene rings is 1. The normalized spacial score (nSPS) is 20.3.